The molecule has 2 aromatic carbocycles. The molecule has 0 aliphatic heterocycles. The van der Waals surface area contributed by atoms with Gasteiger partial charge in [0.2, 0.25) is 5.91 Å². The van der Waals surface area contributed by atoms with E-state index in [9.17, 15) is 9.59 Å². The summed E-state index contributed by atoms with van der Waals surface area (Å²) in [6.45, 7) is 0. The van der Waals surface area contributed by atoms with Crippen molar-refractivity contribution < 1.29 is 9.59 Å². The minimum Gasteiger partial charge on any atom is -0.324 e. The van der Waals surface area contributed by atoms with Crippen molar-refractivity contribution in [3.8, 4) is 0 Å². The van der Waals surface area contributed by atoms with Crippen molar-refractivity contribution in [2.45, 2.75) is 37.6 Å². The summed E-state index contributed by atoms with van der Waals surface area (Å²) < 4.78 is 0. The Morgan fingerprint density at radius 1 is 0.880 bits per heavy atom. The number of hydrogen-bond acceptors (Lipinski definition) is 3. The quantitative estimate of drug-likeness (QED) is 0.813. The van der Waals surface area contributed by atoms with Crippen molar-refractivity contribution in [1.82, 2.24) is 0 Å². The molecular weight excluding hydrogens is 336 g/mol. The second kappa shape index (κ2) is 8.28. The van der Waals surface area contributed by atoms with E-state index in [4.69, 9.17) is 5.73 Å². The third-order valence-electron chi connectivity index (χ3n) is 4.62. The van der Waals surface area contributed by atoms with Gasteiger partial charge >= 0.3 is 0 Å². The molecule has 25 heavy (non-hydrogen) atoms. The molecule has 0 saturated heterocycles. The van der Waals surface area contributed by atoms with E-state index >= 15 is 0 Å². The molecule has 0 unspecified atom stereocenters. The maximum absolute atomic E-state index is 12.5. The SMILES string of the molecule is Cl.NC1(C(=O)Nc2cccc(C(=O)c3ccccc3)c2)CCCCC1. The third kappa shape index (κ3) is 4.47. The summed E-state index contributed by atoms with van der Waals surface area (Å²) >= 11 is 0. The van der Waals surface area contributed by atoms with Gasteiger partial charge in [-0.15, -0.1) is 12.4 Å². The molecule has 0 radical (unpaired) electrons. The Bertz CT molecular complexity index is 740. The molecule has 4 nitrogen and oxygen atoms in total. The van der Waals surface area contributed by atoms with Gasteiger partial charge in [0.25, 0.3) is 0 Å². The zero-order chi connectivity index (χ0) is 17.0. The molecule has 0 aromatic heterocycles. The van der Waals surface area contributed by atoms with E-state index in [0.29, 0.717) is 29.7 Å². The van der Waals surface area contributed by atoms with Crippen LogP contribution in [0.5, 0.6) is 0 Å². The molecule has 3 N–H and O–H groups in total. The number of carbonyl (C=O) groups is 2. The van der Waals surface area contributed by atoms with Gasteiger partial charge in [-0.25, -0.2) is 0 Å². The van der Waals surface area contributed by atoms with E-state index in [1.165, 1.54) is 0 Å². The predicted molar refractivity (Wildman–Crippen MR) is 102 cm³/mol. The van der Waals surface area contributed by atoms with E-state index in [0.717, 1.165) is 19.3 Å². The molecule has 1 aliphatic carbocycles. The van der Waals surface area contributed by atoms with Gasteiger partial charge in [-0.3, -0.25) is 9.59 Å². The Morgan fingerprint density at radius 3 is 2.20 bits per heavy atom. The number of benzene rings is 2. The number of hydrogen-bond donors (Lipinski definition) is 2. The summed E-state index contributed by atoms with van der Waals surface area (Å²) in [6, 6.07) is 16.1. The fourth-order valence-electron chi connectivity index (χ4n) is 3.16. The molecule has 2 aromatic rings. The van der Waals surface area contributed by atoms with E-state index in [1.54, 1.807) is 36.4 Å². The summed E-state index contributed by atoms with van der Waals surface area (Å²) in [5, 5.41) is 2.88. The van der Waals surface area contributed by atoms with Gasteiger partial charge < -0.3 is 11.1 Å². The first kappa shape index (κ1) is 19.2. The second-order valence-corrected chi connectivity index (χ2v) is 6.45. The number of ketones is 1. The average Bonchev–Trinajstić information content (AvgIpc) is 2.62. The smallest absolute Gasteiger partial charge is 0.244 e. The lowest BCUT2D eigenvalue weighted by atomic mass is 9.82. The van der Waals surface area contributed by atoms with Crippen LogP contribution in [0.3, 0.4) is 0 Å². The largest absolute Gasteiger partial charge is 0.324 e. The first-order chi connectivity index (χ1) is 11.6. The predicted octanol–water partition coefficient (Wildman–Crippen LogP) is 3.94. The van der Waals surface area contributed by atoms with Crippen LogP contribution in [0, 0.1) is 0 Å². The number of anilines is 1. The van der Waals surface area contributed by atoms with Crippen LogP contribution in [0.15, 0.2) is 54.6 Å². The standard InChI is InChI=1S/C20H22N2O2.ClH/c21-20(12-5-2-6-13-20)19(24)22-17-11-7-10-16(14-17)18(23)15-8-3-1-4-9-15;/h1,3-4,7-11,14H,2,5-6,12-13,21H2,(H,22,24);1H. The molecule has 0 bridgehead atoms. The minimum atomic E-state index is -0.794. The van der Waals surface area contributed by atoms with E-state index < -0.39 is 5.54 Å². The summed E-state index contributed by atoms with van der Waals surface area (Å²) in [6.07, 6.45) is 4.52. The zero-order valence-electron chi connectivity index (χ0n) is 14.0. The molecule has 132 valence electrons. The number of rotatable bonds is 4. The van der Waals surface area contributed by atoms with Crippen molar-refractivity contribution >= 4 is 29.8 Å². The Balaban J connectivity index is 0.00000225. The van der Waals surface area contributed by atoms with Crippen LogP contribution >= 0.6 is 12.4 Å². The van der Waals surface area contributed by atoms with Gasteiger partial charge in [-0.2, -0.15) is 0 Å². The third-order valence-corrected chi connectivity index (χ3v) is 4.62. The molecule has 0 heterocycles. The van der Waals surface area contributed by atoms with Gasteiger partial charge in [0.1, 0.15) is 0 Å². The molecule has 1 fully saturated rings. The number of halogens is 1. The number of amides is 1. The Labute approximate surface area is 154 Å². The zero-order valence-corrected chi connectivity index (χ0v) is 14.9. The van der Waals surface area contributed by atoms with E-state index in [1.807, 2.05) is 18.2 Å². The van der Waals surface area contributed by atoms with Crippen molar-refractivity contribution in [3.05, 3.63) is 65.7 Å². The van der Waals surface area contributed by atoms with Crippen LogP contribution in [-0.4, -0.2) is 17.2 Å². The maximum Gasteiger partial charge on any atom is 0.244 e. The molecule has 3 rings (SSSR count). The Hall–Kier alpha value is -2.17. The summed E-state index contributed by atoms with van der Waals surface area (Å²) in [5.74, 6) is -0.224. The van der Waals surface area contributed by atoms with E-state index in [2.05, 4.69) is 5.32 Å². The van der Waals surface area contributed by atoms with E-state index in [-0.39, 0.29) is 24.1 Å². The van der Waals surface area contributed by atoms with Crippen molar-refractivity contribution in [2.75, 3.05) is 5.32 Å². The Morgan fingerprint density at radius 2 is 1.52 bits per heavy atom. The highest BCUT2D eigenvalue weighted by Crippen LogP contribution is 2.27. The first-order valence-corrected chi connectivity index (χ1v) is 8.39. The fraction of sp³-hybridized carbons (Fsp3) is 0.300. The topological polar surface area (TPSA) is 72.2 Å². The van der Waals surface area contributed by atoms with Crippen molar-refractivity contribution in [2.24, 2.45) is 5.73 Å². The molecule has 0 spiro atoms. The summed E-state index contributed by atoms with van der Waals surface area (Å²) in [5.41, 5.74) is 7.25. The molecule has 0 atom stereocenters. The van der Waals surface area contributed by atoms with Crippen LogP contribution in [-0.2, 0) is 4.79 Å². The maximum atomic E-state index is 12.5. The summed E-state index contributed by atoms with van der Waals surface area (Å²) in [7, 11) is 0. The molecular formula is C20H23ClN2O2. The number of nitrogens with one attached hydrogen (secondary N) is 1. The normalized spacial score (nSPS) is 15.7. The summed E-state index contributed by atoms with van der Waals surface area (Å²) in [4.78, 5) is 25.0. The van der Waals surface area contributed by atoms with Gasteiger partial charge in [-0.05, 0) is 25.0 Å². The minimum absolute atomic E-state index is 0. The Kier molecular flexibility index (Phi) is 6.34. The van der Waals surface area contributed by atoms with Crippen LogP contribution in [0.25, 0.3) is 0 Å². The second-order valence-electron chi connectivity index (χ2n) is 6.45. The average molecular weight is 359 g/mol. The highest BCUT2D eigenvalue weighted by molar-refractivity contribution is 6.10. The lowest BCUT2D eigenvalue weighted by Gasteiger charge is -2.31. The molecule has 1 aliphatic rings. The highest BCUT2D eigenvalue weighted by Gasteiger charge is 2.35. The van der Waals surface area contributed by atoms with Crippen molar-refractivity contribution in [3.63, 3.8) is 0 Å². The first-order valence-electron chi connectivity index (χ1n) is 8.39. The lowest BCUT2D eigenvalue weighted by Crippen LogP contribution is -2.52. The molecule has 1 saturated carbocycles. The van der Waals surface area contributed by atoms with Crippen LogP contribution < -0.4 is 11.1 Å². The van der Waals surface area contributed by atoms with Gasteiger partial charge in [0.05, 0.1) is 5.54 Å². The monoisotopic (exact) mass is 358 g/mol. The van der Waals surface area contributed by atoms with Crippen molar-refractivity contribution in [1.29, 1.82) is 0 Å². The lowest BCUT2D eigenvalue weighted by molar-refractivity contribution is -0.122. The fourth-order valence-corrected chi connectivity index (χ4v) is 3.16. The van der Waals surface area contributed by atoms with Crippen LogP contribution in [0.2, 0.25) is 0 Å². The number of carbonyl (C=O) groups excluding carboxylic acids is 2. The van der Waals surface area contributed by atoms with Crippen LogP contribution in [0.4, 0.5) is 5.69 Å². The van der Waals surface area contributed by atoms with Gasteiger partial charge in [0.15, 0.2) is 5.78 Å². The molecule has 1 amide bonds. The molecule has 5 heteroatoms. The number of nitrogens with two attached hydrogens (primary N) is 1. The van der Waals surface area contributed by atoms with Crippen LogP contribution in [0.1, 0.15) is 48.0 Å². The van der Waals surface area contributed by atoms with Gasteiger partial charge in [-0.1, -0.05) is 61.7 Å². The highest BCUT2D eigenvalue weighted by atomic mass is 35.5. The van der Waals surface area contributed by atoms with Gasteiger partial charge in [0, 0.05) is 16.8 Å².